The minimum atomic E-state index is -1.30. The van der Waals surface area contributed by atoms with Crippen molar-refractivity contribution in [1.82, 2.24) is 19.5 Å². The van der Waals surface area contributed by atoms with Gasteiger partial charge in [0.1, 0.15) is 47.3 Å². The van der Waals surface area contributed by atoms with Gasteiger partial charge in [-0.1, -0.05) is 12.1 Å². The molecular formula is C22H23N7O6. The van der Waals surface area contributed by atoms with E-state index in [1.807, 2.05) is 12.1 Å². The van der Waals surface area contributed by atoms with Gasteiger partial charge in [0.05, 0.1) is 13.4 Å². The molecule has 2 aromatic carbocycles. The highest BCUT2D eigenvalue weighted by molar-refractivity contribution is 5.81. The van der Waals surface area contributed by atoms with E-state index in [9.17, 15) is 19.8 Å². The third kappa shape index (κ3) is 3.95. The van der Waals surface area contributed by atoms with Crippen LogP contribution in [0.15, 0.2) is 46.5 Å². The largest absolute Gasteiger partial charge is 0.497 e. The van der Waals surface area contributed by atoms with E-state index in [-0.39, 0.29) is 23.7 Å². The summed E-state index contributed by atoms with van der Waals surface area (Å²) in [5.41, 5.74) is 6.34. The Morgan fingerprint density at radius 3 is 2.49 bits per heavy atom. The Labute approximate surface area is 197 Å². The minimum absolute atomic E-state index is 0.0272. The first kappa shape index (κ1) is 22.7. The average molecular weight is 481 g/mol. The standard InChI is InChI=1S/C22H23N7O6/c1-34-11-4-2-10(3-5-11)6-24-13-14(18(32)17(13)31)25-7-12-16(30)19(33)22(35-12)29-9-28-15-20(23)26-8-27-21(15)29/h2-5,8-9,12,16,19,22,24-25,30,33H,6-7H2,1H3,(H2,23,26,27)/t12-,16-,19-,22-/m1/s1. The van der Waals surface area contributed by atoms with E-state index in [1.54, 1.807) is 19.2 Å². The van der Waals surface area contributed by atoms with Gasteiger partial charge in [-0.3, -0.25) is 14.2 Å². The molecule has 182 valence electrons. The first-order chi connectivity index (χ1) is 16.9. The van der Waals surface area contributed by atoms with E-state index in [0.29, 0.717) is 23.5 Å². The summed E-state index contributed by atoms with van der Waals surface area (Å²) in [5, 5.41) is 27.0. The molecule has 0 bridgehead atoms. The van der Waals surface area contributed by atoms with Crippen LogP contribution in [0.1, 0.15) is 11.8 Å². The summed E-state index contributed by atoms with van der Waals surface area (Å²) in [6.07, 6.45) is -1.79. The zero-order chi connectivity index (χ0) is 24.7. The van der Waals surface area contributed by atoms with Crippen LogP contribution in [-0.4, -0.2) is 61.7 Å². The van der Waals surface area contributed by atoms with Gasteiger partial charge in [-0.2, -0.15) is 0 Å². The number of nitrogens with zero attached hydrogens (tertiary/aromatic N) is 4. The SMILES string of the molecule is COc1ccc(CNc2c(NC[C@H]3O[C@@H](n4cnc5c(N)ncnc54)[C@H](O)[C@@H]3O)c(=O)c2=O)cc1. The molecule has 4 aromatic rings. The van der Waals surface area contributed by atoms with Gasteiger partial charge in [0.25, 0.3) is 10.9 Å². The van der Waals surface area contributed by atoms with Crippen molar-refractivity contribution in [3.8, 4) is 5.75 Å². The number of ether oxygens (including phenoxy) is 2. The molecule has 0 unspecified atom stereocenters. The maximum atomic E-state index is 12.1. The third-order valence-corrected chi connectivity index (χ3v) is 6.02. The van der Waals surface area contributed by atoms with Crippen molar-refractivity contribution in [2.75, 3.05) is 30.0 Å². The molecule has 1 fully saturated rings. The summed E-state index contributed by atoms with van der Waals surface area (Å²) < 4.78 is 12.4. The lowest BCUT2D eigenvalue weighted by Crippen LogP contribution is -2.41. The molecule has 1 aliphatic heterocycles. The van der Waals surface area contributed by atoms with Gasteiger partial charge in [0, 0.05) is 13.1 Å². The lowest BCUT2D eigenvalue weighted by Gasteiger charge is -2.19. The normalized spacial score (nSPS) is 22.0. The lowest BCUT2D eigenvalue weighted by molar-refractivity contribution is -0.0312. The fourth-order valence-electron chi connectivity index (χ4n) is 4.05. The van der Waals surface area contributed by atoms with Crippen LogP contribution in [0.2, 0.25) is 0 Å². The number of nitrogens with two attached hydrogens (primary N) is 1. The molecular weight excluding hydrogens is 458 g/mol. The van der Waals surface area contributed by atoms with E-state index in [4.69, 9.17) is 15.2 Å². The van der Waals surface area contributed by atoms with Crippen molar-refractivity contribution in [3.63, 3.8) is 0 Å². The van der Waals surface area contributed by atoms with E-state index in [1.165, 1.54) is 17.2 Å². The van der Waals surface area contributed by atoms with Crippen molar-refractivity contribution in [2.45, 2.75) is 31.1 Å². The number of methoxy groups -OCH3 is 1. The Hall–Kier alpha value is -4.07. The summed E-state index contributed by atoms with van der Waals surface area (Å²) in [4.78, 5) is 36.4. The van der Waals surface area contributed by atoms with Crippen molar-refractivity contribution >= 4 is 28.4 Å². The smallest absolute Gasteiger partial charge is 0.253 e. The van der Waals surface area contributed by atoms with Crippen molar-refractivity contribution in [1.29, 1.82) is 0 Å². The number of nitrogen functional groups attached to an aromatic ring is 1. The monoisotopic (exact) mass is 481 g/mol. The van der Waals surface area contributed by atoms with Gasteiger partial charge in [0.15, 0.2) is 17.7 Å². The first-order valence-corrected chi connectivity index (χ1v) is 10.8. The van der Waals surface area contributed by atoms with Crippen LogP contribution in [0.4, 0.5) is 17.2 Å². The zero-order valence-electron chi connectivity index (χ0n) is 18.6. The van der Waals surface area contributed by atoms with Gasteiger partial charge in [0.2, 0.25) is 0 Å². The molecule has 1 aliphatic rings. The quantitative estimate of drug-likeness (QED) is 0.201. The van der Waals surface area contributed by atoms with Crippen LogP contribution < -0.4 is 32.0 Å². The Balaban J connectivity index is 1.26. The van der Waals surface area contributed by atoms with E-state index >= 15 is 0 Å². The van der Waals surface area contributed by atoms with Crippen molar-refractivity contribution in [2.24, 2.45) is 0 Å². The molecule has 4 atom stereocenters. The molecule has 2 aromatic heterocycles. The fraction of sp³-hybridized carbons (Fsp3) is 0.318. The number of aliphatic hydroxyl groups is 2. The summed E-state index contributed by atoms with van der Waals surface area (Å²) in [7, 11) is 1.57. The summed E-state index contributed by atoms with van der Waals surface area (Å²) >= 11 is 0. The Kier molecular flexibility index (Phi) is 5.80. The van der Waals surface area contributed by atoms with Gasteiger partial charge >= 0.3 is 0 Å². The van der Waals surface area contributed by atoms with E-state index in [0.717, 1.165) is 5.56 Å². The zero-order valence-corrected chi connectivity index (χ0v) is 18.6. The molecule has 13 heteroatoms. The van der Waals surface area contributed by atoms with Crippen LogP contribution >= 0.6 is 0 Å². The molecule has 0 radical (unpaired) electrons. The lowest BCUT2D eigenvalue weighted by atomic mass is 10.1. The minimum Gasteiger partial charge on any atom is -0.497 e. The fourth-order valence-corrected chi connectivity index (χ4v) is 4.05. The number of hydrogen-bond acceptors (Lipinski definition) is 12. The van der Waals surface area contributed by atoms with Crippen molar-refractivity contribution < 1.29 is 19.7 Å². The number of aromatic nitrogens is 4. The predicted molar refractivity (Wildman–Crippen MR) is 126 cm³/mol. The summed E-state index contributed by atoms with van der Waals surface area (Å²) in [6.45, 7) is 0.298. The molecule has 13 nitrogen and oxygen atoms in total. The number of nitrogens with one attached hydrogen (secondary N) is 2. The number of aliphatic hydroxyl groups excluding tert-OH is 2. The predicted octanol–water partition coefficient (Wildman–Crippen LogP) is -0.643. The van der Waals surface area contributed by atoms with Gasteiger partial charge in [-0.15, -0.1) is 0 Å². The highest BCUT2D eigenvalue weighted by atomic mass is 16.6. The molecule has 0 amide bonds. The van der Waals surface area contributed by atoms with Crippen molar-refractivity contribution in [3.05, 3.63) is 62.9 Å². The van der Waals surface area contributed by atoms with Crippen LogP contribution in [0.25, 0.3) is 11.2 Å². The molecule has 0 aliphatic carbocycles. The average Bonchev–Trinajstić information content (AvgIpc) is 3.43. The second-order valence-electron chi connectivity index (χ2n) is 8.12. The van der Waals surface area contributed by atoms with Gasteiger partial charge < -0.3 is 36.1 Å². The first-order valence-electron chi connectivity index (χ1n) is 10.8. The van der Waals surface area contributed by atoms with Crippen LogP contribution in [0, 0.1) is 0 Å². The molecule has 6 N–H and O–H groups in total. The molecule has 5 rings (SSSR count). The third-order valence-electron chi connectivity index (χ3n) is 6.02. The molecule has 3 heterocycles. The Bertz CT molecular complexity index is 1430. The number of benzene rings is 1. The topological polar surface area (TPSA) is 187 Å². The van der Waals surface area contributed by atoms with E-state index in [2.05, 4.69) is 25.6 Å². The van der Waals surface area contributed by atoms with E-state index < -0.39 is 35.4 Å². The maximum absolute atomic E-state index is 12.1. The number of fused-ring (bicyclic) bond motifs is 1. The molecule has 1 saturated heterocycles. The second kappa shape index (κ2) is 8.94. The number of imidazole rings is 1. The second-order valence-corrected chi connectivity index (χ2v) is 8.12. The number of hydrogen-bond donors (Lipinski definition) is 5. The van der Waals surface area contributed by atoms with Crippen LogP contribution in [-0.2, 0) is 11.3 Å². The highest BCUT2D eigenvalue weighted by Crippen LogP contribution is 2.32. The summed E-state index contributed by atoms with van der Waals surface area (Å²) in [5.74, 6) is 0.884. The van der Waals surface area contributed by atoms with Crippen LogP contribution in [0.3, 0.4) is 0 Å². The highest BCUT2D eigenvalue weighted by Gasteiger charge is 2.44. The summed E-state index contributed by atoms with van der Waals surface area (Å²) in [6, 6.07) is 7.27. The number of rotatable bonds is 8. The maximum Gasteiger partial charge on any atom is 0.253 e. The molecule has 35 heavy (non-hydrogen) atoms. The molecule has 0 spiro atoms. The van der Waals surface area contributed by atoms with Gasteiger partial charge in [-0.05, 0) is 17.7 Å². The van der Waals surface area contributed by atoms with Crippen LogP contribution in [0.5, 0.6) is 5.75 Å². The molecule has 0 saturated carbocycles. The Morgan fingerprint density at radius 1 is 1.06 bits per heavy atom. The van der Waals surface area contributed by atoms with Gasteiger partial charge in [-0.25, -0.2) is 15.0 Å². The number of anilines is 3. The Morgan fingerprint density at radius 2 is 1.77 bits per heavy atom.